The number of halogens is 3. The molecule has 2 aromatic carbocycles. The summed E-state index contributed by atoms with van der Waals surface area (Å²) in [6, 6.07) is 11.0. The van der Waals surface area contributed by atoms with E-state index in [1.165, 1.54) is 23.9 Å². The highest BCUT2D eigenvalue weighted by Gasteiger charge is 2.46. The van der Waals surface area contributed by atoms with Gasteiger partial charge in [-0.1, -0.05) is 41.9 Å². The molecule has 5 N–H and O–H groups in total. The van der Waals surface area contributed by atoms with Crippen LogP contribution in [0.1, 0.15) is 65.4 Å². The van der Waals surface area contributed by atoms with E-state index in [1.54, 1.807) is 31.3 Å². The second-order valence-corrected chi connectivity index (χ2v) is 14.2. The van der Waals surface area contributed by atoms with Gasteiger partial charge in [0.2, 0.25) is 0 Å². The van der Waals surface area contributed by atoms with Crippen molar-refractivity contribution in [2.24, 2.45) is 16.6 Å². The van der Waals surface area contributed by atoms with Crippen LogP contribution in [0.15, 0.2) is 53.7 Å². The fourth-order valence-corrected chi connectivity index (χ4v) is 8.12. The molecule has 15 heteroatoms. The molecule has 2 saturated carbocycles. The Morgan fingerprint density at radius 1 is 1.15 bits per heavy atom. The van der Waals surface area contributed by atoms with Crippen molar-refractivity contribution >= 4 is 46.9 Å². The molecular formula is C33H41ClF2N8O3S. The van der Waals surface area contributed by atoms with E-state index in [2.05, 4.69) is 32.7 Å². The first-order valence-electron chi connectivity index (χ1n) is 16.0. The minimum Gasteiger partial charge on any atom is -0.447 e. The Hall–Kier alpha value is -3.43. The number of nitrogens with one attached hydrogen (secondary N) is 3. The summed E-state index contributed by atoms with van der Waals surface area (Å²) in [7, 11) is 5.86. The van der Waals surface area contributed by atoms with E-state index < -0.39 is 24.7 Å². The monoisotopic (exact) mass is 702 g/mol. The van der Waals surface area contributed by atoms with Crippen LogP contribution in [0.5, 0.6) is 0 Å². The maximum Gasteiger partial charge on any atom is 0.407 e. The van der Waals surface area contributed by atoms with Crippen LogP contribution >= 0.6 is 23.4 Å². The number of amides is 2. The number of nitrogens with zero attached hydrogens (tertiary/aromatic N) is 4. The Balaban J connectivity index is 1.27. The quantitative estimate of drug-likeness (QED) is 0.218. The van der Waals surface area contributed by atoms with Crippen LogP contribution in [0.25, 0.3) is 5.57 Å². The van der Waals surface area contributed by atoms with Crippen LogP contribution in [0.4, 0.5) is 13.6 Å². The molecule has 2 amide bonds. The second kappa shape index (κ2) is 14.6. The minimum absolute atomic E-state index is 0.000399. The molecule has 48 heavy (non-hydrogen) atoms. The number of benzene rings is 2. The second-order valence-electron chi connectivity index (χ2n) is 12.6. The highest BCUT2D eigenvalue weighted by molar-refractivity contribution is 8.00. The first-order valence-corrected chi connectivity index (χ1v) is 17.4. The number of likely N-dealkylation sites (N-methyl/N-ethyl adjacent to an activating group) is 1. The van der Waals surface area contributed by atoms with Crippen LogP contribution < -0.4 is 21.7 Å². The molecule has 0 bridgehead atoms. The lowest BCUT2D eigenvalue weighted by Gasteiger charge is -2.30. The van der Waals surface area contributed by atoms with Crippen molar-refractivity contribution in [1.82, 2.24) is 30.9 Å². The lowest BCUT2D eigenvalue weighted by atomic mass is 9.99. The molecule has 2 aromatic rings. The van der Waals surface area contributed by atoms with E-state index >= 15 is 0 Å². The third kappa shape index (κ3) is 7.57. The molecule has 0 radical (unpaired) electrons. The summed E-state index contributed by atoms with van der Waals surface area (Å²) in [5.74, 6) is 0.267. The summed E-state index contributed by atoms with van der Waals surface area (Å²) >= 11 is 8.66. The van der Waals surface area contributed by atoms with Crippen molar-refractivity contribution in [2.45, 2.75) is 61.1 Å². The molecule has 4 aliphatic rings. The summed E-state index contributed by atoms with van der Waals surface area (Å²) in [4.78, 5) is 32.7. The SMILES string of the molecule is CNC/C(=C\NC(F)F)c1ccc([C@H]2N=C(N)N([C@H](COC(=O)NC3CC3)c3ccc(Cl)c(C4SC(C5CC5)N(C)N4C)c3)C2=O)cc1. The normalized spacial score (nSPS) is 24.3. The van der Waals surface area contributed by atoms with Crippen molar-refractivity contribution in [2.75, 3.05) is 34.3 Å². The predicted octanol–water partition coefficient (Wildman–Crippen LogP) is 4.80. The fraction of sp³-hybridized carbons (Fsp3) is 0.485. The molecule has 0 aromatic heterocycles. The van der Waals surface area contributed by atoms with Gasteiger partial charge in [-0.3, -0.25) is 9.69 Å². The Kier molecular flexibility index (Phi) is 10.5. The van der Waals surface area contributed by atoms with Gasteiger partial charge in [0.1, 0.15) is 6.61 Å². The number of hydrogen-bond acceptors (Lipinski definition) is 10. The number of alkyl halides is 2. The molecule has 2 aliphatic carbocycles. The third-order valence-corrected chi connectivity index (χ3v) is 11.2. The van der Waals surface area contributed by atoms with Gasteiger partial charge in [0.25, 0.3) is 5.91 Å². The van der Waals surface area contributed by atoms with Crippen molar-refractivity contribution in [1.29, 1.82) is 0 Å². The number of thioether (sulfide) groups is 1. The first kappa shape index (κ1) is 34.4. The highest BCUT2D eigenvalue weighted by Crippen LogP contribution is 2.53. The highest BCUT2D eigenvalue weighted by atomic mass is 35.5. The topological polar surface area (TPSA) is 128 Å². The number of carbonyl (C=O) groups is 2. The molecule has 0 spiro atoms. The molecule has 1 saturated heterocycles. The molecule has 3 fully saturated rings. The Morgan fingerprint density at radius 2 is 1.88 bits per heavy atom. The largest absolute Gasteiger partial charge is 0.447 e. The molecule has 258 valence electrons. The molecule has 11 nitrogen and oxygen atoms in total. The summed E-state index contributed by atoms with van der Waals surface area (Å²) < 4.78 is 31.3. The number of nitrogens with two attached hydrogens (primary N) is 1. The first-order chi connectivity index (χ1) is 23.0. The molecule has 2 aliphatic heterocycles. The zero-order valence-corrected chi connectivity index (χ0v) is 28.6. The van der Waals surface area contributed by atoms with Crippen molar-refractivity contribution in [3.63, 3.8) is 0 Å². The number of rotatable bonds is 13. The lowest BCUT2D eigenvalue weighted by Crippen LogP contribution is -2.43. The van der Waals surface area contributed by atoms with Gasteiger partial charge in [0.15, 0.2) is 12.0 Å². The molecular weight excluding hydrogens is 662 g/mol. The fourth-order valence-electron chi connectivity index (χ4n) is 6.09. The van der Waals surface area contributed by atoms with Crippen LogP contribution in [0, 0.1) is 5.92 Å². The van der Waals surface area contributed by atoms with Crippen molar-refractivity contribution < 1.29 is 23.1 Å². The summed E-state index contributed by atoms with van der Waals surface area (Å²) in [6.07, 6.45) is 4.94. The van der Waals surface area contributed by atoms with Gasteiger partial charge in [0, 0.05) is 37.9 Å². The number of carbonyl (C=O) groups excluding carboxylic acids is 2. The number of aliphatic imine (C=N–C) groups is 1. The minimum atomic E-state index is -2.69. The maximum absolute atomic E-state index is 14.1. The predicted molar refractivity (Wildman–Crippen MR) is 183 cm³/mol. The lowest BCUT2D eigenvalue weighted by molar-refractivity contribution is -0.129. The van der Waals surface area contributed by atoms with Gasteiger partial charge in [-0.05, 0) is 78.6 Å². The van der Waals surface area contributed by atoms with E-state index in [1.807, 2.05) is 42.3 Å². The van der Waals surface area contributed by atoms with Gasteiger partial charge >= 0.3 is 12.6 Å². The Morgan fingerprint density at radius 3 is 2.52 bits per heavy atom. The number of hydrogen-bond donors (Lipinski definition) is 4. The number of guanidine groups is 1. The summed E-state index contributed by atoms with van der Waals surface area (Å²) in [6.45, 7) is -2.49. The number of alkyl carbamates (subject to hydrolysis) is 1. The van der Waals surface area contributed by atoms with Crippen molar-refractivity contribution in [3.8, 4) is 0 Å². The standard InChI is InChI=1S/C33H41ClF2N8O3S/c1-38-15-22(16-39-31(35)36)18-4-6-19(7-5-18)27-28(45)44(32(37)41-27)26(17-47-33(46)40-23-11-12-23)21-10-13-25(34)24(14-21)30-43(3)42(2)29(48-30)20-8-9-20/h4-7,10,13-14,16,20,23,26-27,29-31,38-39H,8-9,11-12,15,17H2,1-3H3,(H2,37,41)(H,40,46)/b22-16+/t26-,27-,29?,30?/m1/s1. The number of hydrazine groups is 1. The van der Waals surface area contributed by atoms with E-state index in [9.17, 15) is 18.4 Å². The molecule has 2 heterocycles. The van der Waals surface area contributed by atoms with Crippen LogP contribution in [-0.4, -0.2) is 85.1 Å². The van der Waals surface area contributed by atoms with E-state index in [-0.39, 0.29) is 29.9 Å². The van der Waals surface area contributed by atoms with Gasteiger partial charge in [0.05, 0.1) is 16.8 Å². The Bertz CT molecular complexity index is 1570. The van der Waals surface area contributed by atoms with Crippen LogP contribution in [-0.2, 0) is 9.53 Å². The molecule has 6 rings (SSSR count). The van der Waals surface area contributed by atoms with Gasteiger partial charge in [-0.25, -0.2) is 19.8 Å². The van der Waals surface area contributed by atoms with Crippen molar-refractivity contribution in [3.05, 3.63) is 75.9 Å². The van der Waals surface area contributed by atoms with Crippen LogP contribution in [0.3, 0.4) is 0 Å². The zero-order chi connectivity index (χ0) is 34.1. The number of ether oxygens (including phenoxy) is 1. The van der Waals surface area contributed by atoms with Gasteiger partial charge in [-0.2, -0.15) is 8.78 Å². The average Bonchev–Trinajstić information content (AvgIpc) is 4.00. The van der Waals surface area contributed by atoms with Gasteiger partial charge in [-0.15, -0.1) is 11.8 Å². The van der Waals surface area contributed by atoms with E-state index in [0.717, 1.165) is 18.4 Å². The smallest absolute Gasteiger partial charge is 0.407 e. The average molecular weight is 703 g/mol. The van der Waals surface area contributed by atoms with E-state index in [0.29, 0.717) is 45.1 Å². The van der Waals surface area contributed by atoms with Crippen LogP contribution in [0.2, 0.25) is 5.02 Å². The maximum atomic E-state index is 14.1. The third-order valence-electron chi connectivity index (χ3n) is 9.08. The molecule has 2 unspecified atom stereocenters. The van der Waals surface area contributed by atoms with Gasteiger partial charge < -0.3 is 26.4 Å². The molecule has 4 atom stereocenters. The zero-order valence-electron chi connectivity index (χ0n) is 27.0. The summed E-state index contributed by atoms with van der Waals surface area (Å²) in [5, 5.41) is 13.2. The Labute approximate surface area is 288 Å². The summed E-state index contributed by atoms with van der Waals surface area (Å²) in [5.41, 5.74) is 9.97. The van der Waals surface area contributed by atoms with E-state index in [4.69, 9.17) is 22.1 Å².